The van der Waals surface area contributed by atoms with Crippen LogP contribution < -0.4 is 5.73 Å². The Labute approximate surface area is 82.5 Å². The molecule has 0 saturated carbocycles. The van der Waals surface area contributed by atoms with Gasteiger partial charge in [-0.15, -0.1) is 0 Å². The highest BCUT2D eigenvalue weighted by molar-refractivity contribution is 5.78. The molecule has 2 aromatic rings. The number of nitrogens with two attached hydrogens (primary N) is 1. The van der Waals surface area contributed by atoms with E-state index in [1.165, 1.54) is 0 Å². The summed E-state index contributed by atoms with van der Waals surface area (Å²) in [5.41, 5.74) is 7.49. The maximum Gasteiger partial charge on any atom is 0.134 e. The van der Waals surface area contributed by atoms with Crippen molar-refractivity contribution in [3.63, 3.8) is 0 Å². The second-order valence-electron chi connectivity index (χ2n) is 3.22. The number of fused-ring (bicyclic) bond motifs is 1. The van der Waals surface area contributed by atoms with Crippen LogP contribution in [0.3, 0.4) is 0 Å². The number of methoxy groups -OCH3 is 1. The van der Waals surface area contributed by atoms with Gasteiger partial charge in [-0.2, -0.15) is 0 Å². The lowest BCUT2D eigenvalue weighted by atomic mass is 10.2. The predicted octanol–water partition coefficient (Wildman–Crippen LogP) is 2.04. The van der Waals surface area contributed by atoms with Crippen LogP contribution in [0.2, 0.25) is 0 Å². The Kier molecular flexibility index (Phi) is 2.52. The number of hydrogen-bond acceptors (Lipinski definition) is 3. The van der Waals surface area contributed by atoms with E-state index in [1.54, 1.807) is 7.11 Å². The second kappa shape index (κ2) is 3.82. The summed E-state index contributed by atoms with van der Waals surface area (Å²) in [7, 11) is 1.65. The predicted molar refractivity (Wildman–Crippen MR) is 54.8 cm³/mol. The Hall–Kier alpha value is -1.32. The van der Waals surface area contributed by atoms with Gasteiger partial charge in [-0.05, 0) is 17.7 Å². The minimum absolute atomic E-state index is 0.507. The monoisotopic (exact) mass is 191 g/mol. The zero-order valence-corrected chi connectivity index (χ0v) is 8.12. The summed E-state index contributed by atoms with van der Waals surface area (Å²) in [6.45, 7) is 1.04. The molecule has 1 heterocycles. The standard InChI is InChI=1S/C11H13NO2/c1-13-7-10-5-9-3-2-8(6-12)4-11(9)14-10/h2-5H,6-7,12H2,1H3. The van der Waals surface area contributed by atoms with Crippen LogP contribution in [0.25, 0.3) is 11.0 Å². The van der Waals surface area contributed by atoms with Crippen LogP contribution in [0.15, 0.2) is 28.7 Å². The molecule has 3 nitrogen and oxygen atoms in total. The molecule has 14 heavy (non-hydrogen) atoms. The summed E-state index contributed by atoms with van der Waals surface area (Å²) in [6, 6.07) is 7.97. The minimum Gasteiger partial charge on any atom is -0.459 e. The lowest BCUT2D eigenvalue weighted by Gasteiger charge is -1.94. The Morgan fingerprint density at radius 1 is 1.36 bits per heavy atom. The van der Waals surface area contributed by atoms with E-state index >= 15 is 0 Å². The molecule has 0 amide bonds. The highest BCUT2D eigenvalue weighted by atomic mass is 16.5. The maximum absolute atomic E-state index is 5.57. The van der Waals surface area contributed by atoms with E-state index in [0.717, 1.165) is 22.3 Å². The Morgan fingerprint density at radius 3 is 2.93 bits per heavy atom. The summed E-state index contributed by atoms with van der Waals surface area (Å²) in [4.78, 5) is 0. The molecule has 0 spiro atoms. The zero-order chi connectivity index (χ0) is 9.97. The average molecular weight is 191 g/mol. The van der Waals surface area contributed by atoms with Crippen LogP contribution in [0.5, 0.6) is 0 Å². The van der Waals surface area contributed by atoms with E-state index in [1.807, 2.05) is 24.3 Å². The van der Waals surface area contributed by atoms with Crippen molar-refractivity contribution in [2.75, 3.05) is 7.11 Å². The van der Waals surface area contributed by atoms with Crippen molar-refractivity contribution >= 4 is 11.0 Å². The molecule has 2 rings (SSSR count). The lowest BCUT2D eigenvalue weighted by Crippen LogP contribution is -1.94. The lowest BCUT2D eigenvalue weighted by molar-refractivity contribution is 0.166. The van der Waals surface area contributed by atoms with Crippen LogP contribution >= 0.6 is 0 Å². The molecule has 0 fully saturated rings. The molecule has 0 aliphatic carbocycles. The van der Waals surface area contributed by atoms with E-state index in [0.29, 0.717) is 13.2 Å². The quantitative estimate of drug-likeness (QED) is 0.807. The minimum atomic E-state index is 0.507. The molecule has 3 heteroatoms. The van der Waals surface area contributed by atoms with Crippen LogP contribution in [0.4, 0.5) is 0 Å². The van der Waals surface area contributed by atoms with Gasteiger partial charge in [0.25, 0.3) is 0 Å². The van der Waals surface area contributed by atoms with Gasteiger partial charge in [-0.25, -0.2) is 0 Å². The number of ether oxygens (including phenoxy) is 1. The van der Waals surface area contributed by atoms with Crippen LogP contribution in [0.1, 0.15) is 11.3 Å². The molecule has 1 aromatic heterocycles. The van der Waals surface area contributed by atoms with E-state index in [-0.39, 0.29) is 0 Å². The molecule has 1 aromatic carbocycles. The van der Waals surface area contributed by atoms with Crippen molar-refractivity contribution in [2.45, 2.75) is 13.2 Å². The summed E-state index contributed by atoms with van der Waals surface area (Å²) in [6.07, 6.45) is 0. The van der Waals surface area contributed by atoms with Gasteiger partial charge in [0.1, 0.15) is 18.0 Å². The summed E-state index contributed by atoms with van der Waals surface area (Å²) >= 11 is 0. The van der Waals surface area contributed by atoms with Crippen molar-refractivity contribution in [1.82, 2.24) is 0 Å². The molecular weight excluding hydrogens is 178 g/mol. The first-order valence-corrected chi connectivity index (χ1v) is 4.54. The van der Waals surface area contributed by atoms with Crippen molar-refractivity contribution in [2.24, 2.45) is 5.73 Å². The first-order chi connectivity index (χ1) is 6.83. The fraction of sp³-hybridized carbons (Fsp3) is 0.273. The van der Waals surface area contributed by atoms with Gasteiger partial charge in [-0.3, -0.25) is 0 Å². The van der Waals surface area contributed by atoms with Crippen molar-refractivity contribution in [1.29, 1.82) is 0 Å². The summed E-state index contributed by atoms with van der Waals surface area (Å²) < 4.78 is 10.6. The van der Waals surface area contributed by atoms with Gasteiger partial charge in [0.2, 0.25) is 0 Å². The highest BCUT2D eigenvalue weighted by Gasteiger charge is 2.03. The van der Waals surface area contributed by atoms with Gasteiger partial charge in [0.05, 0.1) is 0 Å². The fourth-order valence-corrected chi connectivity index (χ4v) is 1.47. The van der Waals surface area contributed by atoms with Crippen molar-refractivity contribution < 1.29 is 9.15 Å². The van der Waals surface area contributed by atoms with Gasteiger partial charge >= 0.3 is 0 Å². The molecule has 74 valence electrons. The zero-order valence-electron chi connectivity index (χ0n) is 8.12. The highest BCUT2D eigenvalue weighted by Crippen LogP contribution is 2.20. The normalized spacial score (nSPS) is 11.0. The van der Waals surface area contributed by atoms with E-state index in [2.05, 4.69) is 0 Å². The third kappa shape index (κ3) is 1.64. The molecule has 0 aliphatic heterocycles. The third-order valence-corrected chi connectivity index (χ3v) is 2.16. The fourth-order valence-electron chi connectivity index (χ4n) is 1.47. The van der Waals surface area contributed by atoms with Gasteiger partial charge < -0.3 is 14.9 Å². The molecular formula is C11H13NO2. The number of rotatable bonds is 3. The van der Waals surface area contributed by atoms with Crippen LogP contribution in [-0.4, -0.2) is 7.11 Å². The first-order valence-electron chi connectivity index (χ1n) is 4.54. The number of hydrogen-bond donors (Lipinski definition) is 1. The maximum atomic E-state index is 5.57. The third-order valence-electron chi connectivity index (χ3n) is 2.16. The van der Waals surface area contributed by atoms with Crippen LogP contribution in [-0.2, 0) is 17.9 Å². The second-order valence-corrected chi connectivity index (χ2v) is 3.22. The molecule has 0 radical (unpaired) electrons. The first kappa shape index (κ1) is 9.24. The van der Waals surface area contributed by atoms with Crippen LogP contribution in [0, 0.1) is 0 Å². The Balaban J connectivity index is 2.43. The van der Waals surface area contributed by atoms with E-state index in [4.69, 9.17) is 14.9 Å². The summed E-state index contributed by atoms with van der Waals surface area (Å²) in [5.74, 6) is 0.844. The number of furan rings is 1. The smallest absolute Gasteiger partial charge is 0.134 e. The van der Waals surface area contributed by atoms with E-state index < -0.39 is 0 Å². The SMILES string of the molecule is COCc1cc2ccc(CN)cc2o1. The molecule has 0 aliphatic rings. The molecule has 0 unspecified atom stereocenters. The molecule has 0 saturated heterocycles. The molecule has 2 N–H and O–H groups in total. The molecule has 0 bridgehead atoms. The Morgan fingerprint density at radius 2 is 2.21 bits per heavy atom. The van der Waals surface area contributed by atoms with Gasteiger partial charge in [0, 0.05) is 19.0 Å². The topological polar surface area (TPSA) is 48.4 Å². The van der Waals surface area contributed by atoms with Crippen molar-refractivity contribution in [3.8, 4) is 0 Å². The van der Waals surface area contributed by atoms with E-state index in [9.17, 15) is 0 Å². The Bertz CT molecular complexity index is 434. The van der Waals surface area contributed by atoms with Gasteiger partial charge in [-0.1, -0.05) is 12.1 Å². The average Bonchev–Trinajstić information content (AvgIpc) is 2.59. The largest absolute Gasteiger partial charge is 0.459 e. The van der Waals surface area contributed by atoms with Crippen molar-refractivity contribution in [3.05, 3.63) is 35.6 Å². The summed E-state index contributed by atoms with van der Waals surface area (Å²) in [5, 5.41) is 1.09. The number of benzene rings is 1. The molecule has 0 atom stereocenters. The van der Waals surface area contributed by atoms with Gasteiger partial charge in [0.15, 0.2) is 0 Å².